The molecular weight excluding hydrogens is 340 g/mol. The number of carbonyl (C=O) groups is 1. The predicted molar refractivity (Wildman–Crippen MR) is 92.6 cm³/mol. The highest BCUT2D eigenvalue weighted by Gasteiger charge is 2.33. The van der Waals surface area contributed by atoms with Gasteiger partial charge >= 0.3 is 5.97 Å². The van der Waals surface area contributed by atoms with E-state index in [1.54, 1.807) is 36.0 Å². The molecule has 1 aromatic heterocycles. The number of carbonyl (C=O) groups excluding carboxylic acids is 1. The van der Waals surface area contributed by atoms with Gasteiger partial charge in [-0.1, -0.05) is 12.1 Å². The number of esters is 1. The van der Waals surface area contributed by atoms with E-state index >= 15 is 0 Å². The first-order chi connectivity index (χ1) is 12.5. The van der Waals surface area contributed by atoms with Gasteiger partial charge in [0.15, 0.2) is 0 Å². The van der Waals surface area contributed by atoms with Gasteiger partial charge in [-0.15, -0.1) is 0 Å². The van der Waals surface area contributed by atoms with E-state index < -0.39 is 16.9 Å². The fourth-order valence-corrected chi connectivity index (χ4v) is 2.89. The van der Waals surface area contributed by atoms with Crippen LogP contribution in [0, 0.1) is 10.1 Å². The lowest BCUT2D eigenvalue weighted by Crippen LogP contribution is -2.29. The summed E-state index contributed by atoms with van der Waals surface area (Å²) in [6.45, 7) is 2.14. The van der Waals surface area contributed by atoms with Crippen molar-refractivity contribution >= 4 is 17.6 Å². The number of benzene rings is 1. The first-order valence-electron chi connectivity index (χ1n) is 7.94. The number of ether oxygens (including phenoxy) is 2. The molecule has 1 aromatic carbocycles. The molecular formula is C17H18N4O5. The third-order valence-electron chi connectivity index (χ3n) is 4.06. The number of hydrogen-bond acceptors (Lipinski definition) is 7. The number of rotatable bonds is 6. The van der Waals surface area contributed by atoms with E-state index in [0.29, 0.717) is 22.8 Å². The SMILES string of the molecule is COCCOC(=O)C1=C(C)Nc2nccn2C1c1cccc([N+](=O)[O-])c1. The van der Waals surface area contributed by atoms with Crippen LogP contribution < -0.4 is 5.32 Å². The Hall–Kier alpha value is -3.20. The van der Waals surface area contributed by atoms with Gasteiger partial charge in [0, 0.05) is 37.3 Å². The highest BCUT2D eigenvalue weighted by molar-refractivity contribution is 5.92. The number of nitrogens with one attached hydrogen (secondary N) is 1. The Kier molecular flexibility index (Phi) is 4.99. The monoisotopic (exact) mass is 358 g/mol. The van der Waals surface area contributed by atoms with E-state index in [0.717, 1.165) is 0 Å². The number of fused-ring (bicyclic) bond motifs is 1. The van der Waals surface area contributed by atoms with Gasteiger partial charge in [0.25, 0.3) is 5.69 Å². The second kappa shape index (κ2) is 7.36. The van der Waals surface area contributed by atoms with Crippen LogP contribution in [0.2, 0.25) is 0 Å². The zero-order valence-corrected chi connectivity index (χ0v) is 14.3. The molecule has 2 heterocycles. The normalized spacial score (nSPS) is 16.0. The van der Waals surface area contributed by atoms with Gasteiger partial charge in [0.1, 0.15) is 6.61 Å². The Morgan fingerprint density at radius 2 is 2.23 bits per heavy atom. The Morgan fingerprint density at radius 3 is 2.96 bits per heavy atom. The van der Waals surface area contributed by atoms with Crippen molar-refractivity contribution in [2.45, 2.75) is 13.0 Å². The molecule has 0 spiro atoms. The summed E-state index contributed by atoms with van der Waals surface area (Å²) in [5, 5.41) is 14.2. The Labute approximate surface area is 149 Å². The summed E-state index contributed by atoms with van der Waals surface area (Å²) in [6.07, 6.45) is 3.31. The molecule has 0 saturated heterocycles. The van der Waals surface area contributed by atoms with Gasteiger partial charge in [0.05, 0.1) is 23.1 Å². The van der Waals surface area contributed by atoms with E-state index in [4.69, 9.17) is 9.47 Å². The van der Waals surface area contributed by atoms with Crippen molar-refractivity contribution in [2.75, 3.05) is 25.6 Å². The van der Waals surface area contributed by atoms with Crippen LogP contribution in [0.15, 0.2) is 47.9 Å². The van der Waals surface area contributed by atoms with Crippen LogP contribution in [0.1, 0.15) is 18.5 Å². The third-order valence-corrected chi connectivity index (χ3v) is 4.06. The molecule has 0 fully saturated rings. The maximum Gasteiger partial charge on any atom is 0.338 e. The molecule has 0 amide bonds. The minimum absolute atomic E-state index is 0.0487. The van der Waals surface area contributed by atoms with Crippen LogP contribution in [0.3, 0.4) is 0 Å². The number of nitro benzene ring substituents is 1. The van der Waals surface area contributed by atoms with Crippen LogP contribution in [-0.2, 0) is 14.3 Å². The first kappa shape index (κ1) is 17.6. The van der Waals surface area contributed by atoms with Gasteiger partial charge in [-0.3, -0.25) is 10.1 Å². The van der Waals surface area contributed by atoms with Gasteiger partial charge in [-0.2, -0.15) is 0 Å². The molecule has 3 rings (SSSR count). The molecule has 1 aliphatic heterocycles. The molecule has 1 unspecified atom stereocenters. The molecule has 9 heteroatoms. The Morgan fingerprint density at radius 1 is 1.42 bits per heavy atom. The molecule has 136 valence electrons. The number of allylic oxidation sites excluding steroid dienone is 1. The van der Waals surface area contributed by atoms with Crippen molar-refractivity contribution in [2.24, 2.45) is 0 Å². The molecule has 1 atom stereocenters. The van der Waals surface area contributed by atoms with E-state index in [1.807, 2.05) is 0 Å². The fourth-order valence-electron chi connectivity index (χ4n) is 2.89. The summed E-state index contributed by atoms with van der Waals surface area (Å²) in [5.74, 6) is 0.0374. The van der Waals surface area contributed by atoms with Crippen LogP contribution in [0.4, 0.5) is 11.6 Å². The zero-order chi connectivity index (χ0) is 18.7. The standard InChI is InChI=1S/C17H18N4O5/c1-11-14(16(22)26-9-8-25-2)15(20-7-6-18-17(20)19-11)12-4-3-5-13(10-12)21(23)24/h3-7,10,15H,8-9H2,1-2H3,(H,18,19). The quantitative estimate of drug-likeness (QED) is 0.365. The lowest BCUT2D eigenvalue weighted by Gasteiger charge is -2.29. The molecule has 0 bridgehead atoms. The lowest BCUT2D eigenvalue weighted by atomic mass is 9.95. The second-order valence-corrected chi connectivity index (χ2v) is 5.71. The summed E-state index contributed by atoms with van der Waals surface area (Å²) in [4.78, 5) is 27.6. The maximum absolute atomic E-state index is 12.7. The van der Waals surface area contributed by atoms with Crippen molar-refractivity contribution in [1.29, 1.82) is 0 Å². The Bertz CT molecular complexity index is 874. The molecule has 2 aromatic rings. The van der Waals surface area contributed by atoms with Crippen LogP contribution in [0.5, 0.6) is 0 Å². The number of aromatic nitrogens is 2. The summed E-state index contributed by atoms with van der Waals surface area (Å²) >= 11 is 0. The highest BCUT2D eigenvalue weighted by Crippen LogP contribution is 2.36. The summed E-state index contributed by atoms with van der Waals surface area (Å²) in [6, 6.07) is 5.61. The fraction of sp³-hybridized carbons (Fsp3) is 0.294. The molecule has 1 N–H and O–H groups in total. The number of nitrogens with zero attached hydrogens (tertiary/aromatic N) is 3. The lowest BCUT2D eigenvalue weighted by molar-refractivity contribution is -0.384. The van der Waals surface area contributed by atoms with Gasteiger partial charge in [-0.25, -0.2) is 9.78 Å². The van der Waals surface area contributed by atoms with Crippen molar-refractivity contribution in [3.63, 3.8) is 0 Å². The molecule has 0 aliphatic carbocycles. The number of methoxy groups -OCH3 is 1. The molecule has 0 saturated carbocycles. The predicted octanol–water partition coefficient (Wildman–Crippen LogP) is 2.27. The highest BCUT2D eigenvalue weighted by atomic mass is 16.6. The molecule has 26 heavy (non-hydrogen) atoms. The minimum atomic E-state index is -0.580. The third kappa shape index (κ3) is 3.29. The molecule has 9 nitrogen and oxygen atoms in total. The van der Waals surface area contributed by atoms with Gasteiger partial charge in [-0.05, 0) is 12.5 Å². The number of hydrogen-bond donors (Lipinski definition) is 1. The summed E-state index contributed by atoms with van der Waals surface area (Å²) in [5.41, 5.74) is 1.50. The van der Waals surface area contributed by atoms with Crippen LogP contribution in [-0.4, -0.2) is 40.8 Å². The van der Waals surface area contributed by atoms with Crippen molar-refractivity contribution < 1.29 is 19.2 Å². The van der Waals surface area contributed by atoms with Gasteiger partial charge in [0.2, 0.25) is 5.95 Å². The number of imidazole rings is 1. The van der Waals surface area contributed by atoms with E-state index in [2.05, 4.69) is 10.3 Å². The summed E-state index contributed by atoms with van der Waals surface area (Å²) in [7, 11) is 1.52. The van der Waals surface area contributed by atoms with Crippen molar-refractivity contribution in [3.8, 4) is 0 Å². The number of anilines is 1. The average Bonchev–Trinajstić information content (AvgIpc) is 3.08. The molecule has 1 aliphatic rings. The van der Waals surface area contributed by atoms with Gasteiger partial charge < -0.3 is 19.4 Å². The second-order valence-electron chi connectivity index (χ2n) is 5.71. The largest absolute Gasteiger partial charge is 0.460 e. The van der Waals surface area contributed by atoms with Crippen LogP contribution in [0.25, 0.3) is 0 Å². The number of nitro groups is 1. The van der Waals surface area contributed by atoms with Crippen LogP contribution >= 0.6 is 0 Å². The van der Waals surface area contributed by atoms with Crippen molar-refractivity contribution in [3.05, 3.63) is 63.6 Å². The minimum Gasteiger partial charge on any atom is -0.460 e. The Balaban J connectivity index is 2.05. The average molecular weight is 358 g/mol. The van der Waals surface area contributed by atoms with E-state index in [9.17, 15) is 14.9 Å². The number of non-ortho nitro benzene ring substituents is 1. The summed E-state index contributed by atoms with van der Waals surface area (Å²) < 4.78 is 11.9. The van der Waals surface area contributed by atoms with Crippen molar-refractivity contribution in [1.82, 2.24) is 9.55 Å². The maximum atomic E-state index is 12.7. The first-order valence-corrected chi connectivity index (χ1v) is 7.94. The van der Waals surface area contributed by atoms with E-state index in [1.165, 1.54) is 19.2 Å². The molecule has 0 radical (unpaired) electrons. The topological polar surface area (TPSA) is 109 Å². The smallest absolute Gasteiger partial charge is 0.338 e. The van der Waals surface area contributed by atoms with E-state index in [-0.39, 0.29) is 18.9 Å². The zero-order valence-electron chi connectivity index (χ0n) is 14.3.